The molecule has 0 atom stereocenters. The highest BCUT2D eigenvalue weighted by Crippen LogP contribution is 2.17. The lowest BCUT2D eigenvalue weighted by Gasteiger charge is -2.03. The number of nitrogens with zero attached hydrogens (tertiary/aromatic N) is 2. The van der Waals surface area contributed by atoms with Crippen LogP contribution in [0.1, 0.15) is 17.5 Å². The number of phenols is 1. The molecule has 1 amide bonds. The van der Waals surface area contributed by atoms with Gasteiger partial charge >= 0.3 is 0 Å². The van der Waals surface area contributed by atoms with Gasteiger partial charge in [0.2, 0.25) is 5.91 Å². The second-order valence-corrected chi connectivity index (χ2v) is 4.77. The summed E-state index contributed by atoms with van der Waals surface area (Å²) in [6.45, 7) is 0. The summed E-state index contributed by atoms with van der Waals surface area (Å²) < 4.78 is 0. The minimum atomic E-state index is -0.498. The molecule has 7 heteroatoms. The van der Waals surface area contributed by atoms with Crippen molar-refractivity contribution in [2.45, 2.75) is 12.8 Å². The summed E-state index contributed by atoms with van der Waals surface area (Å²) in [5.41, 5.74) is 3.51. The van der Waals surface area contributed by atoms with Gasteiger partial charge in [-0.3, -0.25) is 14.9 Å². The van der Waals surface area contributed by atoms with E-state index in [0.717, 1.165) is 0 Å². The monoisotopic (exact) mass is 313 g/mol. The first-order chi connectivity index (χ1) is 11.1. The van der Waals surface area contributed by atoms with E-state index in [2.05, 4.69) is 10.5 Å². The van der Waals surface area contributed by atoms with Gasteiger partial charge < -0.3 is 5.11 Å². The molecule has 0 bridgehead atoms. The molecule has 23 heavy (non-hydrogen) atoms. The normalized spacial score (nSPS) is 10.6. The molecule has 0 saturated carbocycles. The van der Waals surface area contributed by atoms with Gasteiger partial charge in [-0.25, -0.2) is 5.43 Å². The Labute approximate surface area is 132 Å². The van der Waals surface area contributed by atoms with Gasteiger partial charge in [0.1, 0.15) is 5.75 Å². The van der Waals surface area contributed by atoms with Crippen LogP contribution in [-0.4, -0.2) is 22.2 Å². The minimum absolute atomic E-state index is 0.0418. The van der Waals surface area contributed by atoms with Crippen molar-refractivity contribution in [3.8, 4) is 5.75 Å². The van der Waals surface area contributed by atoms with E-state index in [4.69, 9.17) is 0 Å². The number of nitrogens with one attached hydrogen (secondary N) is 1. The van der Waals surface area contributed by atoms with Gasteiger partial charge in [-0.1, -0.05) is 30.3 Å². The highest BCUT2D eigenvalue weighted by molar-refractivity contribution is 5.83. The van der Waals surface area contributed by atoms with Crippen LogP contribution in [0.4, 0.5) is 5.69 Å². The van der Waals surface area contributed by atoms with E-state index in [0.29, 0.717) is 17.5 Å². The van der Waals surface area contributed by atoms with Crippen molar-refractivity contribution in [1.82, 2.24) is 5.43 Å². The summed E-state index contributed by atoms with van der Waals surface area (Å²) in [6.07, 6.45) is 1.90. The Morgan fingerprint density at radius 1 is 1.26 bits per heavy atom. The Bertz CT molecular complexity index is 744. The molecule has 7 nitrogen and oxygen atoms in total. The first kappa shape index (κ1) is 16.2. The Morgan fingerprint density at radius 3 is 2.78 bits per heavy atom. The summed E-state index contributed by atoms with van der Waals surface area (Å²) in [4.78, 5) is 21.8. The lowest BCUT2D eigenvalue weighted by Crippen LogP contribution is -2.17. The van der Waals surface area contributed by atoms with E-state index >= 15 is 0 Å². The molecule has 2 aromatic rings. The van der Waals surface area contributed by atoms with Gasteiger partial charge in [-0.2, -0.15) is 5.10 Å². The number of aromatic hydroxyl groups is 1. The van der Waals surface area contributed by atoms with Gasteiger partial charge in [0.25, 0.3) is 5.69 Å². The molecule has 0 radical (unpaired) electrons. The lowest BCUT2D eigenvalue weighted by atomic mass is 10.1. The molecule has 2 N–H and O–H groups in total. The number of benzene rings is 2. The van der Waals surface area contributed by atoms with Crippen molar-refractivity contribution in [2.75, 3.05) is 0 Å². The number of hydrazone groups is 1. The third-order valence-electron chi connectivity index (χ3n) is 3.10. The quantitative estimate of drug-likeness (QED) is 0.485. The summed E-state index contributed by atoms with van der Waals surface area (Å²) in [5, 5.41) is 24.0. The number of nitro groups is 1. The Morgan fingerprint density at radius 2 is 2.04 bits per heavy atom. The van der Waals surface area contributed by atoms with Crippen molar-refractivity contribution in [1.29, 1.82) is 0 Å². The van der Waals surface area contributed by atoms with Crippen LogP contribution in [0.25, 0.3) is 0 Å². The molecule has 0 aromatic heterocycles. The first-order valence-corrected chi connectivity index (χ1v) is 6.89. The van der Waals surface area contributed by atoms with Crippen molar-refractivity contribution < 1.29 is 14.8 Å². The van der Waals surface area contributed by atoms with Crippen LogP contribution in [0, 0.1) is 10.1 Å². The van der Waals surface area contributed by atoms with Gasteiger partial charge in [-0.05, 0) is 18.1 Å². The first-order valence-electron chi connectivity index (χ1n) is 6.89. The molecule has 0 spiro atoms. The average Bonchev–Trinajstić information content (AvgIpc) is 2.54. The van der Waals surface area contributed by atoms with Gasteiger partial charge in [-0.15, -0.1) is 0 Å². The number of hydrogen-bond donors (Lipinski definition) is 2. The summed E-state index contributed by atoms with van der Waals surface area (Å²) in [6, 6.07) is 12.7. The zero-order chi connectivity index (χ0) is 16.7. The molecule has 2 rings (SSSR count). The van der Waals surface area contributed by atoms with Gasteiger partial charge in [0.05, 0.1) is 11.1 Å². The number of amides is 1. The van der Waals surface area contributed by atoms with E-state index < -0.39 is 4.92 Å². The van der Waals surface area contributed by atoms with E-state index in [1.165, 1.54) is 18.3 Å². The second-order valence-electron chi connectivity index (χ2n) is 4.77. The topological polar surface area (TPSA) is 105 Å². The van der Waals surface area contributed by atoms with Crippen molar-refractivity contribution >= 4 is 17.8 Å². The van der Waals surface area contributed by atoms with E-state index in [-0.39, 0.29) is 23.8 Å². The fourth-order valence-corrected chi connectivity index (χ4v) is 1.92. The predicted octanol–water partition coefficient (Wildman–Crippen LogP) is 2.38. The molecule has 0 aliphatic heterocycles. The number of phenolic OH excluding ortho intramolecular Hbond substituents is 1. The number of carbonyl (C=O) groups excluding carboxylic acids is 1. The predicted molar refractivity (Wildman–Crippen MR) is 85.3 cm³/mol. The Balaban J connectivity index is 1.85. The second kappa shape index (κ2) is 7.69. The number of aryl methyl sites for hydroxylation is 1. The van der Waals surface area contributed by atoms with Crippen molar-refractivity contribution in [2.24, 2.45) is 5.10 Å². The molecule has 118 valence electrons. The van der Waals surface area contributed by atoms with Crippen LogP contribution in [0.2, 0.25) is 0 Å². The van der Waals surface area contributed by atoms with Gasteiger partial charge in [0, 0.05) is 24.1 Å². The molecule has 0 aliphatic carbocycles. The maximum atomic E-state index is 11.7. The minimum Gasteiger partial charge on any atom is -0.508 e. The fourth-order valence-electron chi connectivity index (χ4n) is 1.92. The van der Waals surface area contributed by atoms with E-state index in [9.17, 15) is 20.0 Å². The van der Waals surface area contributed by atoms with Crippen LogP contribution in [0.5, 0.6) is 5.75 Å². The summed E-state index contributed by atoms with van der Waals surface area (Å²) in [7, 11) is 0. The zero-order valence-corrected chi connectivity index (χ0v) is 12.2. The van der Waals surface area contributed by atoms with Gasteiger partial charge in [0.15, 0.2) is 0 Å². The molecule has 0 unspecified atom stereocenters. The highest BCUT2D eigenvalue weighted by atomic mass is 16.6. The van der Waals surface area contributed by atoms with Crippen LogP contribution < -0.4 is 5.43 Å². The molecule has 0 heterocycles. The van der Waals surface area contributed by atoms with Crippen molar-refractivity contribution in [3.05, 3.63) is 69.8 Å². The number of carbonyl (C=O) groups is 1. The van der Waals surface area contributed by atoms with Crippen LogP contribution in [0.3, 0.4) is 0 Å². The summed E-state index contributed by atoms with van der Waals surface area (Å²) in [5.74, 6) is -0.157. The van der Waals surface area contributed by atoms with Crippen LogP contribution in [0.15, 0.2) is 53.6 Å². The largest absolute Gasteiger partial charge is 0.508 e. The number of non-ortho nitro benzene ring substituents is 1. The van der Waals surface area contributed by atoms with E-state index in [1.807, 2.05) is 0 Å². The molecule has 2 aromatic carbocycles. The van der Waals surface area contributed by atoms with Crippen LogP contribution >= 0.6 is 0 Å². The highest BCUT2D eigenvalue weighted by Gasteiger charge is 2.05. The number of rotatable bonds is 6. The molecule has 0 aliphatic rings. The molecule has 0 fully saturated rings. The lowest BCUT2D eigenvalue weighted by molar-refractivity contribution is -0.384. The van der Waals surface area contributed by atoms with Crippen LogP contribution in [-0.2, 0) is 11.2 Å². The molecular weight excluding hydrogens is 298 g/mol. The SMILES string of the molecule is O=C(CCc1ccccc1O)N/N=C\c1cccc([N+](=O)[O-])c1. The third-order valence-corrected chi connectivity index (χ3v) is 3.10. The standard InChI is InChI=1S/C16H15N3O4/c20-15-7-2-1-5-13(15)8-9-16(21)18-17-11-12-4-3-6-14(10-12)19(22)23/h1-7,10-11,20H,8-9H2,(H,18,21)/b17-11-. The number of hydrogen-bond acceptors (Lipinski definition) is 5. The Kier molecular flexibility index (Phi) is 5.40. The maximum absolute atomic E-state index is 11.7. The van der Waals surface area contributed by atoms with E-state index in [1.54, 1.807) is 36.4 Å². The number of para-hydroxylation sites is 1. The zero-order valence-electron chi connectivity index (χ0n) is 12.2. The number of nitro benzene ring substituents is 1. The summed E-state index contributed by atoms with van der Waals surface area (Å²) >= 11 is 0. The van der Waals surface area contributed by atoms with Crippen molar-refractivity contribution in [3.63, 3.8) is 0 Å². The smallest absolute Gasteiger partial charge is 0.270 e. The Hall–Kier alpha value is -3.22. The average molecular weight is 313 g/mol. The maximum Gasteiger partial charge on any atom is 0.270 e. The molecular formula is C16H15N3O4. The molecule has 0 saturated heterocycles. The fraction of sp³-hybridized carbons (Fsp3) is 0.125. The third kappa shape index (κ3) is 4.92.